The fourth-order valence-electron chi connectivity index (χ4n) is 3.20. The Kier molecular flexibility index (Phi) is 4.90. The van der Waals surface area contributed by atoms with Crippen molar-refractivity contribution < 1.29 is 8.78 Å². The fourth-order valence-corrected chi connectivity index (χ4v) is 4.01. The smallest absolute Gasteiger partial charge is 0.188 e. The van der Waals surface area contributed by atoms with Crippen molar-refractivity contribution in [3.63, 3.8) is 0 Å². The minimum Gasteiger partial charge on any atom is -0.317 e. The average Bonchev–Trinajstić information content (AvgIpc) is 3.10. The quantitative estimate of drug-likeness (QED) is 0.697. The second-order valence-corrected chi connectivity index (χ2v) is 7.34. The van der Waals surface area contributed by atoms with E-state index in [1.165, 1.54) is 29.0 Å². The molecule has 0 unspecified atom stereocenters. The standard InChI is InChI=1S/C19H18F2N4S/c20-15-7-14(8-16(21)10-15)17-11-24-19(26-17)25-18-9-13(3-6-23-18)12-1-4-22-5-2-12/h3,6-12,22H,1-2,4-5H2,(H,23,24,25). The molecule has 4 rings (SSSR count). The predicted molar refractivity (Wildman–Crippen MR) is 99.8 cm³/mol. The van der Waals surface area contributed by atoms with Gasteiger partial charge in [-0.3, -0.25) is 0 Å². The van der Waals surface area contributed by atoms with Crippen LogP contribution in [0.1, 0.15) is 24.3 Å². The monoisotopic (exact) mass is 372 g/mol. The van der Waals surface area contributed by atoms with Crippen LogP contribution >= 0.6 is 11.3 Å². The average molecular weight is 372 g/mol. The van der Waals surface area contributed by atoms with Crippen molar-refractivity contribution in [1.82, 2.24) is 15.3 Å². The molecule has 2 aromatic heterocycles. The second kappa shape index (κ2) is 7.47. The van der Waals surface area contributed by atoms with E-state index in [4.69, 9.17) is 0 Å². The Morgan fingerprint density at radius 3 is 2.58 bits per heavy atom. The van der Waals surface area contributed by atoms with Crippen molar-refractivity contribution in [2.75, 3.05) is 18.4 Å². The molecule has 3 aromatic rings. The summed E-state index contributed by atoms with van der Waals surface area (Å²) >= 11 is 1.33. The lowest BCUT2D eigenvalue weighted by molar-refractivity contribution is 0.460. The van der Waals surface area contributed by atoms with Gasteiger partial charge < -0.3 is 10.6 Å². The highest BCUT2D eigenvalue weighted by molar-refractivity contribution is 7.18. The zero-order chi connectivity index (χ0) is 17.9. The van der Waals surface area contributed by atoms with Gasteiger partial charge in [0.15, 0.2) is 5.13 Å². The highest BCUT2D eigenvalue weighted by Crippen LogP contribution is 2.32. The largest absolute Gasteiger partial charge is 0.317 e. The first-order valence-electron chi connectivity index (χ1n) is 8.53. The van der Waals surface area contributed by atoms with Gasteiger partial charge in [-0.2, -0.15) is 0 Å². The molecule has 2 N–H and O–H groups in total. The van der Waals surface area contributed by atoms with E-state index in [1.54, 1.807) is 12.4 Å². The van der Waals surface area contributed by atoms with Crippen LogP contribution in [-0.4, -0.2) is 23.1 Å². The third-order valence-electron chi connectivity index (χ3n) is 4.48. The number of rotatable bonds is 4. The Morgan fingerprint density at radius 2 is 1.81 bits per heavy atom. The molecule has 134 valence electrons. The lowest BCUT2D eigenvalue weighted by atomic mass is 9.91. The van der Waals surface area contributed by atoms with Crippen LogP contribution in [0.5, 0.6) is 0 Å². The molecular formula is C19H18F2N4S. The van der Waals surface area contributed by atoms with Crippen LogP contribution in [0.3, 0.4) is 0 Å². The molecule has 4 nitrogen and oxygen atoms in total. The number of hydrogen-bond acceptors (Lipinski definition) is 5. The van der Waals surface area contributed by atoms with Crippen LogP contribution in [0, 0.1) is 11.6 Å². The SMILES string of the molecule is Fc1cc(F)cc(-c2cnc(Nc3cc(C4CCNCC4)ccn3)s2)c1. The van der Waals surface area contributed by atoms with E-state index < -0.39 is 11.6 Å². The summed E-state index contributed by atoms with van der Waals surface area (Å²) < 4.78 is 26.8. The second-order valence-electron chi connectivity index (χ2n) is 6.31. The summed E-state index contributed by atoms with van der Waals surface area (Å²) in [4.78, 5) is 9.36. The number of piperidine rings is 1. The predicted octanol–water partition coefficient (Wildman–Crippen LogP) is 4.69. The van der Waals surface area contributed by atoms with Crippen molar-refractivity contribution in [1.29, 1.82) is 0 Å². The van der Waals surface area contributed by atoms with Crippen LogP contribution < -0.4 is 10.6 Å². The van der Waals surface area contributed by atoms with Gasteiger partial charge >= 0.3 is 0 Å². The summed E-state index contributed by atoms with van der Waals surface area (Å²) in [7, 11) is 0. The normalized spacial score (nSPS) is 15.2. The van der Waals surface area contributed by atoms with Crippen LogP contribution in [0.2, 0.25) is 0 Å². The van der Waals surface area contributed by atoms with E-state index in [0.717, 1.165) is 37.8 Å². The zero-order valence-corrected chi connectivity index (χ0v) is 14.8. The number of nitrogens with one attached hydrogen (secondary N) is 2. The number of nitrogens with zero attached hydrogens (tertiary/aromatic N) is 2. The first kappa shape index (κ1) is 17.1. The topological polar surface area (TPSA) is 49.8 Å². The molecule has 7 heteroatoms. The van der Waals surface area contributed by atoms with Gasteiger partial charge in [-0.1, -0.05) is 11.3 Å². The minimum absolute atomic E-state index is 0.476. The first-order chi connectivity index (χ1) is 12.7. The number of aromatic nitrogens is 2. The Balaban J connectivity index is 1.52. The molecule has 3 heterocycles. The van der Waals surface area contributed by atoms with Crippen LogP contribution in [0.4, 0.5) is 19.7 Å². The van der Waals surface area contributed by atoms with Gasteiger partial charge in [-0.15, -0.1) is 0 Å². The van der Waals surface area contributed by atoms with E-state index in [2.05, 4.69) is 32.7 Å². The molecule has 0 saturated carbocycles. The van der Waals surface area contributed by atoms with Crippen molar-refractivity contribution in [2.45, 2.75) is 18.8 Å². The third-order valence-corrected chi connectivity index (χ3v) is 5.44. The van der Waals surface area contributed by atoms with Gasteiger partial charge in [0.25, 0.3) is 0 Å². The van der Waals surface area contributed by atoms with E-state index in [0.29, 0.717) is 21.5 Å². The number of benzene rings is 1. The minimum atomic E-state index is -0.598. The molecule has 1 aromatic carbocycles. The molecule has 0 amide bonds. The third kappa shape index (κ3) is 3.89. The fraction of sp³-hybridized carbons (Fsp3) is 0.263. The molecule has 0 atom stereocenters. The number of pyridine rings is 1. The number of halogens is 2. The summed E-state index contributed by atoms with van der Waals surface area (Å²) in [5.41, 5.74) is 1.75. The van der Waals surface area contributed by atoms with Crippen molar-refractivity contribution in [2.24, 2.45) is 0 Å². The van der Waals surface area contributed by atoms with Crippen LogP contribution in [-0.2, 0) is 0 Å². The molecule has 1 fully saturated rings. The summed E-state index contributed by atoms with van der Waals surface area (Å²) in [5, 5.41) is 7.21. The number of anilines is 2. The lowest BCUT2D eigenvalue weighted by Crippen LogP contribution is -2.26. The van der Waals surface area contributed by atoms with Crippen molar-refractivity contribution in [3.05, 3.63) is 59.9 Å². The van der Waals surface area contributed by atoms with Crippen molar-refractivity contribution in [3.8, 4) is 10.4 Å². The lowest BCUT2D eigenvalue weighted by Gasteiger charge is -2.23. The molecule has 0 aliphatic carbocycles. The summed E-state index contributed by atoms with van der Waals surface area (Å²) in [6, 6.07) is 7.58. The van der Waals surface area contributed by atoms with E-state index in [1.807, 2.05) is 0 Å². The maximum atomic E-state index is 13.4. The van der Waals surface area contributed by atoms with Gasteiger partial charge in [0.05, 0.1) is 4.88 Å². The summed E-state index contributed by atoms with van der Waals surface area (Å²) in [5.74, 6) is 0.0766. The summed E-state index contributed by atoms with van der Waals surface area (Å²) in [6.07, 6.45) is 5.65. The molecule has 1 aliphatic heterocycles. The molecule has 0 bridgehead atoms. The molecule has 0 radical (unpaired) electrons. The Bertz CT molecular complexity index is 886. The maximum absolute atomic E-state index is 13.4. The van der Waals surface area contributed by atoms with Crippen LogP contribution in [0.25, 0.3) is 10.4 Å². The maximum Gasteiger partial charge on any atom is 0.188 e. The van der Waals surface area contributed by atoms with Crippen LogP contribution in [0.15, 0.2) is 42.7 Å². The van der Waals surface area contributed by atoms with E-state index in [-0.39, 0.29) is 0 Å². The number of hydrogen-bond donors (Lipinski definition) is 2. The Hall–Kier alpha value is -2.38. The van der Waals surface area contributed by atoms with Crippen molar-refractivity contribution >= 4 is 22.3 Å². The molecular weight excluding hydrogens is 354 g/mol. The highest BCUT2D eigenvalue weighted by Gasteiger charge is 2.16. The van der Waals surface area contributed by atoms with Gasteiger partial charge in [0.1, 0.15) is 17.5 Å². The molecule has 26 heavy (non-hydrogen) atoms. The van der Waals surface area contributed by atoms with Gasteiger partial charge in [-0.05, 0) is 67.2 Å². The van der Waals surface area contributed by atoms with E-state index in [9.17, 15) is 8.78 Å². The molecule has 1 aliphatic rings. The molecule has 0 spiro atoms. The van der Waals surface area contributed by atoms with Gasteiger partial charge in [0.2, 0.25) is 0 Å². The summed E-state index contributed by atoms with van der Waals surface area (Å²) in [6.45, 7) is 2.07. The Labute approximate surface area is 154 Å². The Morgan fingerprint density at radius 1 is 1.04 bits per heavy atom. The van der Waals surface area contributed by atoms with E-state index >= 15 is 0 Å². The number of thiazole rings is 1. The van der Waals surface area contributed by atoms with Gasteiger partial charge in [0, 0.05) is 18.5 Å². The molecule has 1 saturated heterocycles. The highest BCUT2D eigenvalue weighted by atomic mass is 32.1. The first-order valence-corrected chi connectivity index (χ1v) is 9.35. The van der Waals surface area contributed by atoms with Gasteiger partial charge in [-0.25, -0.2) is 18.7 Å². The zero-order valence-electron chi connectivity index (χ0n) is 14.0.